The number of nitrogens with one attached hydrogen (secondary N) is 2. The first-order valence-electron chi connectivity index (χ1n) is 9.06. The number of benzene rings is 1. The highest BCUT2D eigenvalue weighted by atomic mass is 35.5. The molecule has 0 aromatic heterocycles. The van der Waals surface area contributed by atoms with E-state index < -0.39 is 0 Å². The van der Waals surface area contributed by atoms with Crippen LogP contribution in [0.15, 0.2) is 24.3 Å². The van der Waals surface area contributed by atoms with E-state index in [0.717, 1.165) is 37.6 Å². The molecule has 2 fully saturated rings. The van der Waals surface area contributed by atoms with Crippen LogP contribution in [0.4, 0.5) is 5.69 Å². The summed E-state index contributed by atoms with van der Waals surface area (Å²) >= 11 is 0. The zero-order chi connectivity index (χ0) is 16.8. The Hall–Kier alpha value is -1.30. The molecule has 1 amide bonds. The second kappa shape index (κ2) is 10.00. The van der Waals surface area contributed by atoms with Crippen LogP contribution < -0.4 is 15.4 Å². The van der Waals surface area contributed by atoms with Crippen molar-refractivity contribution in [3.63, 3.8) is 0 Å². The Labute approximate surface area is 156 Å². The molecule has 2 heterocycles. The van der Waals surface area contributed by atoms with E-state index >= 15 is 0 Å². The molecule has 1 aromatic carbocycles. The number of halogens is 1. The van der Waals surface area contributed by atoms with Crippen LogP contribution >= 0.6 is 12.4 Å². The SMILES string of the molecule is CC(CC(=O)Nc1ccc(OC2CCOC2)cc1)C1CCCNC1.Cl. The first kappa shape index (κ1) is 20.0. The summed E-state index contributed by atoms with van der Waals surface area (Å²) < 4.78 is 11.1. The smallest absolute Gasteiger partial charge is 0.224 e. The van der Waals surface area contributed by atoms with Gasteiger partial charge in [-0.05, 0) is 62.0 Å². The summed E-state index contributed by atoms with van der Waals surface area (Å²) in [5.41, 5.74) is 0.823. The van der Waals surface area contributed by atoms with E-state index in [1.54, 1.807) is 0 Å². The Bertz CT molecular complexity index is 526. The lowest BCUT2D eigenvalue weighted by atomic mass is 9.85. The van der Waals surface area contributed by atoms with E-state index in [4.69, 9.17) is 9.47 Å². The topological polar surface area (TPSA) is 59.6 Å². The molecule has 5 nitrogen and oxygen atoms in total. The van der Waals surface area contributed by atoms with Gasteiger partial charge in [-0.2, -0.15) is 0 Å². The number of ether oxygens (including phenoxy) is 2. The first-order chi connectivity index (χ1) is 11.7. The normalized spacial score (nSPS) is 24.2. The average Bonchev–Trinajstić information content (AvgIpc) is 3.10. The monoisotopic (exact) mass is 368 g/mol. The van der Waals surface area contributed by atoms with Crippen molar-refractivity contribution in [3.8, 4) is 5.75 Å². The van der Waals surface area contributed by atoms with E-state index in [2.05, 4.69) is 17.6 Å². The van der Waals surface area contributed by atoms with E-state index in [-0.39, 0.29) is 24.4 Å². The van der Waals surface area contributed by atoms with Crippen LogP contribution in [0.5, 0.6) is 5.75 Å². The molecule has 0 radical (unpaired) electrons. The maximum atomic E-state index is 12.2. The lowest BCUT2D eigenvalue weighted by molar-refractivity contribution is -0.117. The van der Waals surface area contributed by atoms with Crippen LogP contribution in [-0.4, -0.2) is 38.3 Å². The van der Waals surface area contributed by atoms with E-state index in [9.17, 15) is 4.79 Å². The fourth-order valence-electron chi connectivity index (χ4n) is 3.45. The van der Waals surface area contributed by atoms with Gasteiger partial charge in [-0.3, -0.25) is 4.79 Å². The van der Waals surface area contributed by atoms with E-state index in [1.807, 2.05) is 24.3 Å². The molecule has 0 spiro atoms. The van der Waals surface area contributed by atoms with Crippen molar-refractivity contribution in [1.29, 1.82) is 0 Å². The molecular weight excluding hydrogens is 340 g/mol. The molecule has 2 aliphatic heterocycles. The number of anilines is 1. The standard InChI is InChI=1S/C19H28N2O3.ClH/c1-14(15-3-2-9-20-12-15)11-19(22)21-16-4-6-17(7-5-16)24-18-8-10-23-13-18;/h4-7,14-15,18,20H,2-3,8-13H2,1H3,(H,21,22);1H. The van der Waals surface area contributed by atoms with Crippen LogP contribution in [0.2, 0.25) is 0 Å². The van der Waals surface area contributed by atoms with Gasteiger partial charge in [0, 0.05) is 18.5 Å². The Morgan fingerprint density at radius 2 is 2.16 bits per heavy atom. The number of carbonyl (C=O) groups is 1. The third-order valence-corrected chi connectivity index (χ3v) is 4.98. The van der Waals surface area contributed by atoms with Gasteiger partial charge in [0.15, 0.2) is 0 Å². The van der Waals surface area contributed by atoms with Crippen LogP contribution in [0, 0.1) is 11.8 Å². The summed E-state index contributed by atoms with van der Waals surface area (Å²) in [4.78, 5) is 12.2. The van der Waals surface area contributed by atoms with Crippen molar-refractivity contribution < 1.29 is 14.3 Å². The van der Waals surface area contributed by atoms with Gasteiger partial charge in [0.1, 0.15) is 11.9 Å². The summed E-state index contributed by atoms with van der Waals surface area (Å²) in [6.07, 6.45) is 4.09. The highest BCUT2D eigenvalue weighted by molar-refractivity contribution is 5.90. The second-order valence-corrected chi connectivity index (χ2v) is 6.96. The summed E-state index contributed by atoms with van der Waals surface area (Å²) in [5.74, 6) is 1.92. The summed E-state index contributed by atoms with van der Waals surface area (Å²) in [6.45, 7) is 5.75. The van der Waals surface area contributed by atoms with Crippen molar-refractivity contribution in [2.45, 2.75) is 38.7 Å². The molecule has 25 heavy (non-hydrogen) atoms. The Kier molecular flexibility index (Phi) is 8.00. The predicted octanol–water partition coefficient (Wildman–Crippen LogP) is 3.24. The van der Waals surface area contributed by atoms with Crippen molar-refractivity contribution in [2.24, 2.45) is 11.8 Å². The fraction of sp³-hybridized carbons (Fsp3) is 0.632. The van der Waals surface area contributed by atoms with Gasteiger partial charge in [0.2, 0.25) is 5.91 Å². The quantitative estimate of drug-likeness (QED) is 0.809. The van der Waals surface area contributed by atoms with Gasteiger partial charge < -0.3 is 20.1 Å². The molecule has 3 rings (SSSR count). The van der Waals surface area contributed by atoms with Crippen LogP contribution in [0.1, 0.15) is 32.6 Å². The Balaban J connectivity index is 0.00000225. The minimum Gasteiger partial charge on any atom is -0.488 e. The lowest BCUT2D eigenvalue weighted by Gasteiger charge is -2.28. The fourth-order valence-corrected chi connectivity index (χ4v) is 3.45. The summed E-state index contributed by atoms with van der Waals surface area (Å²) in [6, 6.07) is 7.61. The number of hydrogen-bond donors (Lipinski definition) is 2. The third kappa shape index (κ3) is 6.17. The minimum atomic E-state index is 0. The minimum absolute atomic E-state index is 0. The number of amides is 1. The highest BCUT2D eigenvalue weighted by Crippen LogP contribution is 2.24. The molecule has 2 aliphatic rings. The molecule has 0 aliphatic carbocycles. The molecule has 3 unspecified atom stereocenters. The zero-order valence-electron chi connectivity index (χ0n) is 14.8. The second-order valence-electron chi connectivity index (χ2n) is 6.96. The Morgan fingerprint density at radius 1 is 1.36 bits per heavy atom. The average molecular weight is 369 g/mol. The maximum Gasteiger partial charge on any atom is 0.224 e. The molecule has 3 atom stereocenters. The van der Waals surface area contributed by atoms with E-state index in [1.165, 1.54) is 12.8 Å². The van der Waals surface area contributed by atoms with Crippen LogP contribution in [0.25, 0.3) is 0 Å². The number of hydrogen-bond acceptors (Lipinski definition) is 4. The van der Waals surface area contributed by atoms with Gasteiger partial charge in [-0.15, -0.1) is 12.4 Å². The predicted molar refractivity (Wildman–Crippen MR) is 102 cm³/mol. The molecule has 0 bridgehead atoms. The van der Waals surface area contributed by atoms with Gasteiger partial charge in [0.05, 0.1) is 13.2 Å². The highest BCUT2D eigenvalue weighted by Gasteiger charge is 2.22. The molecule has 2 N–H and O–H groups in total. The van der Waals surface area contributed by atoms with E-state index in [0.29, 0.717) is 24.9 Å². The van der Waals surface area contributed by atoms with Crippen LogP contribution in [-0.2, 0) is 9.53 Å². The lowest BCUT2D eigenvalue weighted by Crippen LogP contribution is -2.34. The van der Waals surface area contributed by atoms with Crippen molar-refractivity contribution in [2.75, 3.05) is 31.6 Å². The summed E-state index contributed by atoms with van der Waals surface area (Å²) in [7, 11) is 0. The van der Waals surface area contributed by atoms with Gasteiger partial charge >= 0.3 is 0 Å². The Morgan fingerprint density at radius 3 is 2.80 bits per heavy atom. The summed E-state index contributed by atoms with van der Waals surface area (Å²) in [5, 5.41) is 6.41. The van der Waals surface area contributed by atoms with Crippen molar-refractivity contribution >= 4 is 24.0 Å². The van der Waals surface area contributed by atoms with Gasteiger partial charge in [-0.1, -0.05) is 6.92 Å². The first-order valence-corrected chi connectivity index (χ1v) is 9.06. The molecular formula is C19H29ClN2O3. The number of rotatable bonds is 6. The molecule has 0 saturated carbocycles. The number of piperidine rings is 1. The third-order valence-electron chi connectivity index (χ3n) is 4.98. The number of carbonyl (C=O) groups excluding carboxylic acids is 1. The van der Waals surface area contributed by atoms with Crippen LogP contribution in [0.3, 0.4) is 0 Å². The zero-order valence-corrected chi connectivity index (χ0v) is 15.6. The molecule has 140 valence electrons. The van der Waals surface area contributed by atoms with Crippen molar-refractivity contribution in [1.82, 2.24) is 5.32 Å². The van der Waals surface area contributed by atoms with Gasteiger partial charge in [0.25, 0.3) is 0 Å². The largest absolute Gasteiger partial charge is 0.488 e. The molecule has 6 heteroatoms. The van der Waals surface area contributed by atoms with Gasteiger partial charge in [-0.25, -0.2) is 0 Å². The molecule has 1 aromatic rings. The van der Waals surface area contributed by atoms with Crippen molar-refractivity contribution in [3.05, 3.63) is 24.3 Å². The maximum absolute atomic E-state index is 12.2. The molecule has 2 saturated heterocycles.